The highest BCUT2D eigenvalue weighted by Crippen LogP contribution is 2.34. The van der Waals surface area contributed by atoms with Gasteiger partial charge in [0.2, 0.25) is 0 Å². The van der Waals surface area contributed by atoms with Gasteiger partial charge in [0, 0.05) is 30.2 Å². The maximum absolute atomic E-state index is 14.4. The number of carbonyl (C=O) groups is 1. The fraction of sp³-hybridized carbons (Fsp3) is 0.348. The predicted molar refractivity (Wildman–Crippen MR) is 115 cm³/mol. The largest absolute Gasteiger partial charge is 0.426 e. The Bertz CT molecular complexity index is 953. The molecular formula is C23H24ClFN2O3. The molecule has 0 saturated carbocycles. The number of ether oxygens (including phenoxy) is 1. The van der Waals surface area contributed by atoms with Gasteiger partial charge in [-0.3, -0.25) is 4.79 Å². The Kier molecular flexibility index (Phi) is 7.69. The lowest BCUT2D eigenvalue weighted by Crippen LogP contribution is -2.22. The molecule has 0 aliphatic carbocycles. The molecule has 0 radical (unpaired) electrons. The van der Waals surface area contributed by atoms with E-state index in [9.17, 15) is 9.18 Å². The van der Waals surface area contributed by atoms with Crippen LogP contribution < -0.4 is 10.1 Å². The lowest BCUT2D eigenvalue weighted by atomic mass is 9.99. The highest BCUT2D eigenvalue weighted by molar-refractivity contribution is 6.30. The van der Waals surface area contributed by atoms with E-state index in [4.69, 9.17) is 21.4 Å². The second-order valence-corrected chi connectivity index (χ2v) is 7.60. The standard InChI is InChI=1S/C23H24ClFN2O3/c1-27(11-12-28)10-4-2-3-5-16-13-19-20(15-26-22(19)14-21(16)25)23(29)30-18-8-6-17(24)7-9-18/h6-9,13-14,20,26,28H,2,4,10-12,15H2,1H3. The van der Waals surface area contributed by atoms with Crippen molar-refractivity contribution in [2.75, 3.05) is 38.6 Å². The van der Waals surface area contributed by atoms with E-state index in [2.05, 4.69) is 17.2 Å². The molecule has 2 N–H and O–H groups in total. The number of hydrogen-bond acceptors (Lipinski definition) is 5. The van der Waals surface area contributed by atoms with Gasteiger partial charge in [-0.15, -0.1) is 0 Å². The summed E-state index contributed by atoms with van der Waals surface area (Å²) in [4.78, 5) is 14.6. The molecular weight excluding hydrogens is 407 g/mol. The quantitative estimate of drug-likeness (QED) is 0.304. The summed E-state index contributed by atoms with van der Waals surface area (Å²) >= 11 is 5.85. The van der Waals surface area contributed by atoms with Crippen molar-refractivity contribution < 1.29 is 19.0 Å². The van der Waals surface area contributed by atoms with Gasteiger partial charge in [0.05, 0.1) is 12.2 Å². The van der Waals surface area contributed by atoms with Crippen molar-refractivity contribution >= 4 is 23.3 Å². The van der Waals surface area contributed by atoms with E-state index in [1.54, 1.807) is 30.3 Å². The first kappa shape index (κ1) is 22.1. The van der Waals surface area contributed by atoms with E-state index in [-0.39, 0.29) is 12.2 Å². The number of nitrogens with one attached hydrogen (secondary N) is 1. The number of nitrogens with zero attached hydrogens (tertiary/aromatic N) is 1. The average Bonchev–Trinajstić information content (AvgIpc) is 3.12. The third-order valence-electron chi connectivity index (χ3n) is 4.87. The van der Waals surface area contributed by atoms with Crippen LogP contribution >= 0.6 is 11.6 Å². The average molecular weight is 431 g/mol. The smallest absolute Gasteiger partial charge is 0.320 e. The normalized spacial score (nSPS) is 14.6. The van der Waals surface area contributed by atoms with E-state index in [0.29, 0.717) is 41.5 Å². The van der Waals surface area contributed by atoms with Crippen LogP contribution in [0.25, 0.3) is 0 Å². The molecule has 7 heteroatoms. The Morgan fingerprint density at radius 3 is 2.83 bits per heavy atom. The molecule has 1 heterocycles. The van der Waals surface area contributed by atoms with Gasteiger partial charge in [0.1, 0.15) is 17.5 Å². The van der Waals surface area contributed by atoms with E-state index < -0.39 is 17.7 Å². The van der Waals surface area contributed by atoms with Crippen LogP contribution in [-0.4, -0.2) is 49.3 Å². The molecule has 0 bridgehead atoms. The van der Waals surface area contributed by atoms with E-state index >= 15 is 0 Å². The van der Waals surface area contributed by atoms with Crippen LogP contribution in [-0.2, 0) is 4.79 Å². The topological polar surface area (TPSA) is 61.8 Å². The SMILES string of the molecule is CN(CCO)CCCC#Cc1cc2c(cc1F)NCC2C(=O)Oc1ccc(Cl)cc1. The van der Waals surface area contributed by atoms with E-state index in [1.807, 2.05) is 11.9 Å². The Morgan fingerprint density at radius 1 is 1.33 bits per heavy atom. The molecule has 2 aromatic rings. The van der Waals surface area contributed by atoms with Crippen molar-refractivity contribution in [2.45, 2.75) is 18.8 Å². The molecule has 3 rings (SSSR count). The minimum atomic E-state index is -0.538. The number of aliphatic hydroxyl groups is 1. The number of halogens is 2. The Morgan fingerprint density at radius 2 is 2.10 bits per heavy atom. The Labute approximate surface area is 180 Å². The van der Waals surface area contributed by atoms with Crippen molar-refractivity contribution in [1.29, 1.82) is 0 Å². The summed E-state index contributed by atoms with van der Waals surface area (Å²) in [6.07, 6.45) is 1.44. The lowest BCUT2D eigenvalue weighted by molar-refractivity contribution is -0.135. The molecule has 1 aliphatic rings. The fourth-order valence-electron chi connectivity index (χ4n) is 3.23. The first-order chi connectivity index (χ1) is 14.5. The van der Waals surface area contributed by atoms with Crippen molar-refractivity contribution in [3.05, 3.63) is 58.4 Å². The van der Waals surface area contributed by atoms with Crippen molar-refractivity contribution in [1.82, 2.24) is 4.90 Å². The first-order valence-electron chi connectivity index (χ1n) is 9.81. The summed E-state index contributed by atoms with van der Waals surface area (Å²) in [5.74, 6) is 4.90. The van der Waals surface area contributed by atoms with Crippen LogP contribution in [0.3, 0.4) is 0 Å². The van der Waals surface area contributed by atoms with Crippen molar-refractivity contribution in [3.8, 4) is 17.6 Å². The lowest BCUT2D eigenvalue weighted by Gasteiger charge is -2.13. The summed E-state index contributed by atoms with van der Waals surface area (Å²) in [6, 6.07) is 9.56. The molecule has 5 nitrogen and oxygen atoms in total. The summed E-state index contributed by atoms with van der Waals surface area (Å²) in [7, 11) is 1.93. The van der Waals surface area contributed by atoms with Gasteiger partial charge in [-0.05, 0) is 62.0 Å². The third kappa shape index (κ3) is 5.73. The molecule has 0 amide bonds. The highest BCUT2D eigenvalue weighted by Gasteiger charge is 2.31. The summed E-state index contributed by atoms with van der Waals surface area (Å²) in [6.45, 7) is 1.89. The molecule has 0 aromatic heterocycles. The van der Waals surface area contributed by atoms with Gasteiger partial charge in [-0.25, -0.2) is 4.39 Å². The molecule has 30 heavy (non-hydrogen) atoms. The Balaban J connectivity index is 1.66. The number of carbonyl (C=O) groups excluding carboxylic acids is 1. The number of fused-ring (bicyclic) bond motifs is 1. The van der Waals surface area contributed by atoms with Crippen LogP contribution in [0, 0.1) is 17.7 Å². The van der Waals surface area contributed by atoms with Gasteiger partial charge < -0.3 is 20.1 Å². The zero-order valence-electron chi connectivity index (χ0n) is 16.8. The summed E-state index contributed by atoms with van der Waals surface area (Å²) < 4.78 is 19.8. The predicted octanol–water partition coefficient (Wildman–Crippen LogP) is 3.65. The minimum absolute atomic E-state index is 0.123. The van der Waals surface area contributed by atoms with Gasteiger partial charge in [0.15, 0.2) is 0 Å². The molecule has 0 saturated heterocycles. The van der Waals surface area contributed by atoms with Crippen LogP contribution in [0.2, 0.25) is 5.02 Å². The van der Waals surface area contributed by atoms with E-state index in [0.717, 1.165) is 13.0 Å². The zero-order chi connectivity index (χ0) is 21.5. The molecule has 1 atom stereocenters. The summed E-state index contributed by atoms with van der Waals surface area (Å²) in [5, 5.41) is 12.5. The Hall–Kier alpha value is -2.59. The van der Waals surface area contributed by atoms with Crippen LogP contribution in [0.5, 0.6) is 5.75 Å². The molecule has 1 aliphatic heterocycles. The van der Waals surface area contributed by atoms with Crippen LogP contribution in [0.1, 0.15) is 29.9 Å². The number of hydrogen-bond donors (Lipinski definition) is 2. The third-order valence-corrected chi connectivity index (χ3v) is 5.13. The fourth-order valence-corrected chi connectivity index (χ4v) is 3.35. The second-order valence-electron chi connectivity index (χ2n) is 7.16. The number of likely N-dealkylation sites (N-methyl/N-ethyl adjacent to an activating group) is 1. The van der Waals surface area contributed by atoms with Gasteiger partial charge in [0.25, 0.3) is 0 Å². The van der Waals surface area contributed by atoms with Gasteiger partial charge >= 0.3 is 5.97 Å². The highest BCUT2D eigenvalue weighted by atomic mass is 35.5. The van der Waals surface area contributed by atoms with Crippen LogP contribution in [0.4, 0.5) is 10.1 Å². The van der Waals surface area contributed by atoms with Crippen molar-refractivity contribution in [2.24, 2.45) is 0 Å². The number of unbranched alkanes of at least 4 members (excludes halogenated alkanes) is 1. The molecule has 0 spiro atoms. The number of anilines is 1. The second kappa shape index (κ2) is 10.4. The number of rotatable bonds is 7. The van der Waals surface area contributed by atoms with Crippen molar-refractivity contribution in [3.63, 3.8) is 0 Å². The maximum atomic E-state index is 14.4. The molecule has 0 fully saturated rings. The van der Waals surface area contributed by atoms with Crippen LogP contribution in [0.15, 0.2) is 36.4 Å². The first-order valence-corrected chi connectivity index (χ1v) is 10.2. The minimum Gasteiger partial charge on any atom is -0.426 e. The molecule has 158 valence electrons. The number of benzene rings is 2. The van der Waals surface area contributed by atoms with Gasteiger partial charge in [-0.2, -0.15) is 0 Å². The van der Waals surface area contributed by atoms with Gasteiger partial charge in [-0.1, -0.05) is 23.4 Å². The maximum Gasteiger partial charge on any atom is 0.320 e. The monoisotopic (exact) mass is 430 g/mol. The molecule has 1 unspecified atom stereocenters. The molecule has 2 aromatic carbocycles. The van der Waals surface area contributed by atoms with E-state index in [1.165, 1.54) is 6.07 Å². The zero-order valence-corrected chi connectivity index (χ0v) is 17.5. The number of aliphatic hydroxyl groups excluding tert-OH is 1. The number of esters is 1. The summed E-state index contributed by atoms with van der Waals surface area (Å²) in [5.41, 5.74) is 1.54.